The van der Waals surface area contributed by atoms with Crippen LogP contribution in [-0.4, -0.2) is 40.4 Å². The molecule has 0 aliphatic carbocycles. The van der Waals surface area contributed by atoms with Crippen molar-refractivity contribution in [2.75, 3.05) is 13.6 Å². The molecule has 0 fully saturated rings. The zero-order valence-electron chi connectivity index (χ0n) is 17.2. The Morgan fingerprint density at radius 2 is 2.10 bits per heavy atom. The third kappa shape index (κ3) is 5.05. The van der Waals surface area contributed by atoms with Gasteiger partial charge in [0.25, 0.3) is 0 Å². The molecule has 0 bridgehead atoms. The first kappa shape index (κ1) is 22.0. The maximum Gasteiger partial charge on any atom is 0.318 e. The number of nitrogens with one attached hydrogen (secondary N) is 2. The summed E-state index contributed by atoms with van der Waals surface area (Å²) >= 11 is 5.85. The molecule has 2 aromatic rings. The monoisotopic (exact) mass is 433 g/mol. The average Bonchev–Trinajstić information content (AvgIpc) is 2.72. The van der Waals surface area contributed by atoms with Gasteiger partial charge in [-0.15, -0.1) is 0 Å². The lowest BCUT2D eigenvalue weighted by Gasteiger charge is -2.30. The number of halogens is 2. The molecule has 0 saturated heterocycles. The molecule has 1 aliphatic heterocycles. The molecular formula is C21H25ClFN5O2. The Morgan fingerprint density at radius 3 is 2.77 bits per heavy atom. The smallest absolute Gasteiger partial charge is 0.318 e. The molecule has 160 valence electrons. The van der Waals surface area contributed by atoms with Crippen molar-refractivity contribution < 1.29 is 14.0 Å². The molecule has 1 unspecified atom stereocenters. The SMILES string of the molecule is CNC(=O)C(NC(=O)N1CCc2cnc(CC(C)C)nc2C1)c1ccc(F)c(Cl)c1. The van der Waals surface area contributed by atoms with Gasteiger partial charge in [-0.2, -0.15) is 0 Å². The van der Waals surface area contributed by atoms with E-state index in [1.807, 2.05) is 6.20 Å². The second-order valence-corrected chi connectivity index (χ2v) is 8.11. The van der Waals surface area contributed by atoms with Crippen molar-refractivity contribution in [3.8, 4) is 0 Å². The maximum atomic E-state index is 13.5. The van der Waals surface area contributed by atoms with Crippen LogP contribution in [0.15, 0.2) is 24.4 Å². The third-order valence-corrected chi connectivity index (χ3v) is 5.22. The third-order valence-electron chi connectivity index (χ3n) is 4.93. The molecule has 3 rings (SSSR count). The lowest BCUT2D eigenvalue weighted by molar-refractivity contribution is -0.122. The van der Waals surface area contributed by atoms with E-state index in [0.29, 0.717) is 31.0 Å². The van der Waals surface area contributed by atoms with Gasteiger partial charge in [-0.1, -0.05) is 31.5 Å². The van der Waals surface area contributed by atoms with E-state index in [1.165, 1.54) is 25.2 Å². The topological polar surface area (TPSA) is 87.2 Å². The van der Waals surface area contributed by atoms with E-state index < -0.39 is 23.8 Å². The molecule has 1 aromatic heterocycles. The van der Waals surface area contributed by atoms with Crippen LogP contribution in [-0.2, 0) is 24.2 Å². The number of hydrogen-bond donors (Lipinski definition) is 2. The lowest BCUT2D eigenvalue weighted by Crippen LogP contribution is -2.47. The van der Waals surface area contributed by atoms with Gasteiger partial charge in [0, 0.05) is 26.2 Å². The van der Waals surface area contributed by atoms with E-state index >= 15 is 0 Å². The second kappa shape index (κ2) is 9.38. The summed E-state index contributed by atoms with van der Waals surface area (Å²) in [4.78, 5) is 35.9. The number of amides is 3. The normalized spacial score (nSPS) is 14.3. The summed E-state index contributed by atoms with van der Waals surface area (Å²) in [6, 6.07) is 2.54. The summed E-state index contributed by atoms with van der Waals surface area (Å²) in [5.74, 6) is 0.175. The molecule has 2 N–H and O–H groups in total. The number of aromatic nitrogens is 2. The van der Waals surface area contributed by atoms with Gasteiger partial charge < -0.3 is 15.5 Å². The van der Waals surface area contributed by atoms with Crippen LogP contribution in [0.5, 0.6) is 0 Å². The van der Waals surface area contributed by atoms with E-state index in [9.17, 15) is 14.0 Å². The van der Waals surface area contributed by atoms with E-state index in [2.05, 4.69) is 34.4 Å². The number of nitrogens with zero attached hydrogens (tertiary/aromatic N) is 3. The minimum Gasteiger partial charge on any atom is -0.357 e. The highest BCUT2D eigenvalue weighted by molar-refractivity contribution is 6.30. The molecule has 0 saturated carbocycles. The molecule has 0 spiro atoms. The highest BCUT2D eigenvalue weighted by Crippen LogP contribution is 2.23. The predicted octanol–water partition coefficient (Wildman–Crippen LogP) is 3.02. The van der Waals surface area contributed by atoms with E-state index in [-0.39, 0.29) is 5.02 Å². The summed E-state index contributed by atoms with van der Waals surface area (Å²) in [6.45, 7) is 5.02. The lowest BCUT2D eigenvalue weighted by atomic mass is 10.0. The van der Waals surface area contributed by atoms with Crippen LogP contribution >= 0.6 is 11.6 Å². The molecule has 1 aromatic carbocycles. The Hall–Kier alpha value is -2.74. The number of urea groups is 1. The van der Waals surface area contributed by atoms with Crippen molar-refractivity contribution in [1.29, 1.82) is 0 Å². The fraction of sp³-hybridized carbons (Fsp3) is 0.429. The van der Waals surface area contributed by atoms with E-state index in [1.54, 1.807) is 4.90 Å². The highest BCUT2D eigenvalue weighted by Gasteiger charge is 2.28. The van der Waals surface area contributed by atoms with Gasteiger partial charge in [0.2, 0.25) is 5.91 Å². The molecule has 0 radical (unpaired) electrons. The molecule has 3 amide bonds. The molecule has 7 nitrogen and oxygen atoms in total. The number of benzene rings is 1. The zero-order chi connectivity index (χ0) is 21.8. The minimum absolute atomic E-state index is 0.114. The van der Waals surface area contributed by atoms with Gasteiger partial charge in [0.15, 0.2) is 0 Å². The van der Waals surface area contributed by atoms with Crippen LogP contribution in [0.3, 0.4) is 0 Å². The Bertz CT molecular complexity index is 953. The minimum atomic E-state index is -0.996. The molecule has 1 atom stereocenters. The van der Waals surface area contributed by atoms with Crippen LogP contribution in [0.2, 0.25) is 5.02 Å². The standard InChI is InChI=1S/C21H25ClFN5O2/c1-12(2)8-18-25-10-14-6-7-28(11-17(14)26-18)21(30)27-19(20(29)24-3)13-4-5-16(23)15(22)9-13/h4-5,9-10,12,19H,6-8,11H2,1-3H3,(H,24,29)(H,27,30). The van der Waals surface area contributed by atoms with Gasteiger partial charge in [-0.3, -0.25) is 4.79 Å². The number of rotatable bonds is 5. The van der Waals surface area contributed by atoms with Gasteiger partial charge in [0.05, 0.1) is 17.3 Å². The van der Waals surface area contributed by atoms with Crippen LogP contribution in [0, 0.1) is 11.7 Å². The van der Waals surface area contributed by atoms with Crippen LogP contribution in [0.1, 0.15) is 42.5 Å². The summed E-state index contributed by atoms with van der Waals surface area (Å²) in [6.07, 6.45) is 3.24. The van der Waals surface area contributed by atoms with Gasteiger partial charge in [-0.05, 0) is 35.6 Å². The molecule has 9 heteroatoms. The number of carbonyl (C=O) groups excluding carboxylic acids is 2. The largest absolute Gasteiger partial charge is 0.357 e. The van der Waals surface area contributed by atoms with Crippen molar-refractivity contribution >= 4 is 23.5 Å². The van der Waals surface area contributed by atoms with Gasteiger partial charge in [-0.25, -0.2) is 19.2 Å². The first-order chi connectivity index (χ1) is 14.3. The molecular weight excluding hydrogens is 409 g/mol. The van der Waals surface area contributed by atoms with E-state index in [4.69, 9.17) is 11.6 Å². The first-order valence-corrected chi connectivity index (χ1v) is 10.2. The fourth-order valence-electron chi connectivity index (χ4n) is 3.33. The van der Waals surface area contributed by atoms with Crippen LogP contribution in [0.25, 0.3) is 0 Å². The fourth-order valence-corrected chi connectivity index (χ4v) is 3.52. The van der Waals surface area contributed by atoms with Crippen molar-refractivity contribution in [3.05, 3.63) is 57.9 Å². The maximum absolute atomic E-state index is 13.5. The Morgan fingerprint density at radius 1 is 1.33 bits per heavy atom. The Kier molecular flexibility index (Phi) is 6.87. The summed E-state index contributed by atoms with van der Waals surface area (Å²) in [5, 5.41) is 5.13. The number of carbonyl (C=O) groups is 2. The van der Waals surface area contributed by atoms with Gasteiger partial charge >= 0.3 is 6.03 Å². The van der Waals surface area contributed by atoms with Crippen molar-refractivity contribution in [2.45, 2.75) is 39.3 Å². The average molecular weight is 434 g/mol. The Labute approximate surface area is 180 Å². The van der Waals surface area contributed by atoms with Gasteiger partial charge in [0.1, 0.15) is 17.7 Å². The number of fused-ring (bicyclic) bond motifs is 1. The summed E-state index contributed by atoms with van der Waals surface area (Å²) < 4.78 is 13.5. The van der Waals surface area contributed by atoms with E-state index in [0.717, 1.165) is 23.5 Å². The quantitative estimate of drug-likeness (QED) is 0.758. The number of likely N-dealkylation sites (N-methyl/N-ethyl adjacent to an activating group) is 1. The second-order valence-electron chi connectivity index (χ2n) is 7.70. The molecule has 30 heavy (non-hydrogen) atoms. The van der Waals surface area contributed by atoms with Crippen molar-refractivity contribution in [1.82, 2.24) is 25.5 Å². The summed E-state index contributed by atoms with van der Waals surface area (Å²) in [5.41, 5.74) is 2.25. The number of hydrogen-bond acceptors (Lipinski definition) is 4. The predicted molar refractivity (Wildman–Crippen MR) is 111 cm³/mol. The summed E-state index contributed by atoms with van der Waals surface area (Å²) in [7, 11) is 1.47. The van der Waals surface area contributed by atoms with Crippen molar-refractivity contribution in [3.63, 3.8) is 0 Å². The Balaban J connectivity index is 1.76. The zero-order valence-corrected chi connectivity index (χ0v) is 18.0. The van der Waals surface area contributed by atoms with Crippen LogP contribution < -0.4 is 10.6 Å². The van der Waals surface area contributed by atoms with Crippen molar-refractivity contribution in [2.24, 2.45) is 5.92 Å². The van der Waals surface area contributed by atoms with Crippen LogP contribution in [0.4, 0.5) is 9.18 Å². The highest BCUT2D eigenvalue weighted by atomic mass is 35.5. The first-order valence-electron chi connectivity index (χ1n) is 9.84. The molecule has 1 aliphatic rings. The molecule has 2 heterocycles.